The average molecular weight is 197 g/mol. The van der Waals surface area contributed by atoms with Crippen molar-refractivity contribution in [1.82, 2.24) is 15.5 Å². The van der Waals surface area contributed by atoms with E-state index in [4.69, 9.17) is 0 Å². The molecule has 4 heteroatoms. The van der Waals surface area contributed by atoms with Gasteiger partial charge in [-0.15, -0.1) is 0 Å². The van der Waals surface area contributed by atoms with Gasteiger partial charge in [-0.1, -0.05) is 6.92 Å². The minimum atomic E-state index is 0.109. The lowest BCUT2D eigenvalue weighted by Gasteiger charge is -2.38. The molecule has 3 atom stereocenters. The van der Waals surface area contributed by atoms with Crippen molar-refractivity contribution in [3.63, 3.8) is 0 Å². The van der Waals surface area contributed by atoms with Crippen LogP contribution in [0.25, 0.3) is 0 Å². The Kier molecular flexibility index (Phi) is 2.63. The largest absolute Gasteiger partial charge is 0.336 e. The van der Waals surface area contributed by atoms with Crippen LogP contribution >= 0.6 is 0 Å². The van der Waals surface area contributed by atoms with Crippen molar-refractivity contribution in [2.75, 3.05) is 19.6 Å². The van der Waals surface area contributed by atoms with Crippen LogP contribution in [0.3, 0.4) is 0 Å². The van der Waals surface area contributed by atoms with Crippen molar-refractivity contribution in [3.8, 4) is 0 Å². The molecule has 0 spiro atoms. The number of hydrogen-bond donors (Lipinski definition) is 2. The van der Waals surface area contributed by atoms with E-state index in [1.165, 1.54) is 0 Å². The third-order valence-electron chi connectivity index (χ3n) is 3.30. The maximum atomic E-state index is 11.5. The molecule has 2 saturated heterocycles. The van der Waals surface area contributed by atoms with Gasteiger partial charge in [0.15, 0.2) is 0 Å². The van der Waals surface area contributed by atoms with Gasteiger partial charge < -0.3 is 15.5 Å². The molecule has 0 radical (unpaired) electrons. The van der Waals surface area contributed by atoms with E-state index in [0.717, 1.165) is 26.1 Å². The van der Waals surface area contributed by atoms with Crippen LogP contribution in [0.4, 0.5) is 4.79 Å². The molecule has 2 heterocycles. The highest BCUT2D eigenvalue weighted by Gasteiger charge is 2.34. The second-order valence-corrected chi connectivity index (χ2v) is 4.53. The minimum absolute atomic E-state index is 0.109. The van der Waals surface area contributed by atoms with Crippen molar-refractivity contribution in [2.45, 2.75) is 32.4 Å². The summed E-state index contributed by atoms with van der Waals surface area (Å²) in [7, 11) is 0. The molecule has 0 saturated carbocycles. The Balaban J connectivity index is 2.03. The Morgan fingerprint density at radius 3 is 2.86 bits per heavy atom. The summed E-state index contributed by atoms with van der Waals surface area (Å²) in [6.45, 7) is 7.15. The summed E-state index contributed by atoms with van der Waals surface area (Å²) < 4.78 is 0. The third-order valence-corrected chi connectivity index (χ3v) is 3.30. The first-order chi connectivity index (χ1) is 6.68. The Hall–Kier alpha value is -0.770. The van der Waals surface area contributed by atoms with Crippen LogP contribution in [0.5, 0.6) is 0 Å². The lowest BCUT2D eigenvalue weighted by atomic mass is 9.91. The summed E-state index contributed by atoms with van der Waals surface area (Å²) in [4.78, 5) is 13.5. The first-order valence-electron chi connectivity index (χ1n) is 5.46. The number of nitrogens with zero attached hydrogens (tertiary/aromatic N) is 1. The number of piperidine rings is 1. The monoisotopic (exact) mass is 197 g/mol. The zero-order valence-electron chi connectivity index (χ0n) is 8.92. The minimum Gasteiger partial charge on any atom is -0.336 e. The van der Waals surface area contributed by atoms with Crippen LogP contribution in [0, 0.1) is 5.92 Å². The van der Waals surface area contributed by atoms with E-state index in [1.54, 1.807) is 0 Å². The van der Waals surface area contributed by atoms with Crippen LogP contribution in [-0.2, 0) is 0 Å². The summed E-state index contributed by atoms with van der Waals surface area (Å²) in [6.07, 6.45) is 1.13. The average Bonchev–Trinajstić information content (AvgIpc) is 2.56. The number of rotatable bonds is 1. The Labute approximate surface area is 85.0 Å². The van der Waals surface area contributed by atoms with Crippen LogP contribution in [-0.4, -0.2) is 42.6 Å². The molecule has 2 amide bonds. The van der Waals surface area contributed by atoms with E-state index in [2.05, 4.69) is 24.5 Å². The van der Waals surface area contributed by atoms with Gasteiger partial charge in [0.05, 0.1) is 0 Å². The van der Waals surface area contributed by atoms with Crippen molar-refractivity contribution in [3.05, 3.63) is 0 Å². The Bertz CT molecular complexity index is 231. The maximum absolute atomic E-state index is 11.5. The van der Waals surface area contributed by atoms with Gasteiger partial charge in [0.1, 0.15) is 0 Å². The first-order valence-corrected chi connectivity index (χ1v) is 5.46. The van der Waals surface area contributed by atoms with Crippen molar-refractivity contribution >= 4 is 6.03 Å². The number of nitrogens with one attached hydrogen (secondary N) is 2. The summed E-state index contributed by atoms with van der Waals surface area (Å²) in [5.41, 5.74) is 0. The fraction of sp³-hybridized carbons (Fsp3) is 0.900. The molecule has 0 aliphatic carbocycles. The molecule has 0 aromatic rings. The molecule has 2 aliphatic heterocycles. The number of hydrogen-bond acceptors (Lipinski definition) is 2. The topological polar surface area (TPSA) is 44.4 Å². The van der Waals surface area contributed by atoms with Crippen molar-refractivity contribution in [2.24, 2.45) is 5.92 Å². The molecular formula is C10H19N3O. The van der Waals surface area contributed by atoms with Crippen LogP contribution in [0.1, 0.15) is 20.3 Å². The molecule has 3 unspecified atom stereocenters. The van der Waals surface area contributed by atoms with Gasteiger partial charge in [-0.25, -0.2) is 4.79 Å². The second kappa shape index (κ2) is 3.77. The highest BCUT2D eigenvalue weighted by atomic mass is 16.2. The fourth-order valence-electron chi connectivity index (χ4n) is 2.42. The fourth-order valence-corrected chi connectivity index (χ4v) is 2.42. The highest BCUT2D eigenvalue weighted by molar-refractivity contribution is 5.76. The van der Waals surface area contributed by atoms with Crippen molar-refractivity contribution < 1.29 is 4.79 Å². The summed E-state index contributed by atoms with van der Waals surface area (Å²) in [5.74, 6) is 0.671. The van der Waals surface area contributed by atoms with E-state index in [9.17, 15) is 4.79 Å². The first kappa shape index (κ1) is 9.77. The molecule has 14 heavy (non-hydrogen) atoms. The van der Waals surface area contributed by atoms with E-state index < -0.39 is 0 Å². The standard InChI is InChI=1S/C10H19N3O/c1-7-5-9(8(2)12-6-7)13-4-3-11-10(13)14/h7-9,12H,3-6H2,1-2H3,(H,11,14). The normalized spacial score (nSPS) is 38.6. The zero-order valence-corrected chi connectivity index (χ0v) is 8.92. The number of amides is 2. The predicted octanol–water partition coefficient (Wildman–Crippen LogP) is 0.398. The smallest absolute Gasteiger partial charge is 0.317 e. The molecule has 0 aromatic carbocycles. The zero-order chi connectivity index (χ0) is 10.1. The molecule has 2 N–H and O–H groups in total. The lowest BCUT2D eigenvalue weighted by Crippen LogP contribution is -2.55. The van der Waals surface area contributed by atoms with Crippen LogP contribution in [0.15, 0.2) is 0 Å². The van der Waals surface area contributed by atoms with E-state index in [0.29, 0.717) is 18.0 Å². The Morgan fingerprint density at radius 2 is 2.21 bits per heavy atom. The molecular weight excluding hydrogens is 178 g/mol. The quantitative estimate of drug-likeness (QED) is 0.639. The van der Waals surface area contributed by atoms with Gasteiger partial charge in [-0.3, -0.25) is 0 Å². The maximum Gasteiger partial charge on any atom is 0.317 e. The summed E-state index contributed by atoms with van der Waals surface area (Å²) in [6, 6.07) is 0.911. The number of urea groups is 1. The molecule has 2 fully saturated rings. The second-order valence-electron chi connectivity index (χ2n) is 4.53. The lowest BCUT2D eigenvalue weighted by molar-refractivity contribution is 0.147. The summed E-state index contributed by atoms with van der Waals surface area (Å²) >= 11 is 0. The van der Waals surface area contributed by atoms with Gasteiger partial charge in [0.25, 0.3) is 0 Å². The SMILES string of the molecule is CC1CNC(C)C(N2CCNC2=O)C1. The van der Waals surface area contributed by atoms with E-state index in [-0.39, 0.29) is 6.03 Å². The number of carbonyl (C=O) groups is 1. The Morgan fingerprint density at radius 1 is 1.43 bits per heavy atom. The van der Waals surface area contributed by atoms with E-state index in [1.807, 2.05) is 4.90 Å². The molecule has 80 valence electrons. The predicted molar refractivity (Wildman–Crippen MR) is 55.1 cm³/mol. The molecule has 0 aromatic heterocycles. The molecule has 2 rings (SSSR count). The number of carbonyl (C=O) groups excluding carboxylic acids is 1. The molecule has 4 nitrogen and oxygen atoms in total. The van der Waals surface area contributed by atoms with Gasteiger partial charge in [-0.2, -0.15) is 0 Å². The van der Waals surface area contributed by atoms with Gasteiger partial charge in [0.2, 0.25) is 0 Å². The van der Waals surface area contributed by atoms with Crippen LogP contribution < -0.4 is 10.6 Å². The van der Waals surface area contributed by atoms with Gasteiger partial charge in [-0.05, 0) is 25.8 Å². The highest BCUT2D eigenvalue weighted by Crippen LogP contribution is 2.20. The van der Waals surface area contributed by atoms with Crippen molar-refractivity contribution in [1.29, 1.82) is 0 Å². The van der Waals surface area contributed by atoms with Crippen LogP contribution in [0.2, 0.25) is 0 Å². The molecule has 0 bridgehead atoms. The third kappa shape index (κ3) is 1.71. The van der Waals surface area contributed by atoms with Gasteiger partial charge in [0, 0.05) is 25.2 Å². The van der Waals surface area contributed by atoms with Gasteiger partial charge >= 0.3 is 6.03 Å². The van der Waals surface area contributed by atoms with E-state index >= 15 is 0 Å². The molecule has 2 aliphatic rings. The summed E-state index contributed by atoms with van der Waals surface area (Å²) in [5, 5.41) is 6.32.